The highest BCUT2D eigenvalue weighted by molar-refractivity contribution is 6.34. The van der Waals surface area contributed by atoms with Crippen LogP contribution in [0.5, 0.6) is 0 Å². The first-order valence-electron chi connectivity index (χ1n) is 4.25. The molecule has 0 unspecified atom stereocenters. The van der Waals surface area contributed by atoms with Crippen molar-refractivity contribution in [1.82, 2.24) is 15.1 Å². The van der Waals surface area contributed by atoms with Crippen LogP contribution in [0.4, 0.5) is 17.3 Å². The highest BCUT2D eigenvalue weighted by atomic mass is 35.5. The summed E-state index contributed by atoms with van der Waals surface area (Å²) in [6.07, 6.45) is 0. The summed E-state index contributed by atoms with van der Waals surface area (Å²) in [5.41, 5.74) is 5.87. The van der Waals surface area contributed by atoms with Crippen molar-refractivity contribution < 1.29 is 4.52 Å². The number of nitrogens with two attached hydrogens (primary N) is 1. The Bertz CT molecular complexity index is 527. The number of hydrogen-bond acceptors (Lipinski definition) is 6. The Morgan fingerprint density at radius 2 is 2.12 bits per heavy atom. The van der Waals surface area contributed by atoms with Gasteiger partial charge in [0, 0.05) is 6.07 Å². The Morgan fingerprint density at radius 1 is 1.38 bits per heavy atom. The normalized spacial score (nSPS) is 10.4. The summed E-state index contributed by atoms with van der Waals surface area (Å²) in [6.45, 7) is 1.77. The minimum atomic E-state index is 0.00177. The van der Waals surface area contributed by atoms with Gasteiger partial charge in [0.15, 0.2) is 16.8 Å². The summed E-state index contributed by atoms with van der Waals surface area (Å²) in [7, 11) is 0. The molecule has 0 amide bonds. The molecule has 0 saturated heterocycles. The van der Waals surface area contributed by atoms with Gasteiger partial charge >= 0.3 is 0 Å². The smallest absolute Gasteiger partial charge is 0.225 e. The topological polar surface area (TPSA) is 89.9 Å². The van der Waals surface area contributed by atoms with Gasteiger partial charge in [-0.15, -0.1) is 0 Å². The molecule has 0 aliphatic carbocycles. The van der Waals surface area contributed by atoms with Crippen molar-refractivity contribution in [3.63, 3.8) is 0 Å². The third kappa shape index (κ3) is 2.17. The molecule has 0 radical (unpaired) electrons. The summed E-state index contributed by atoms with van der Waals surface area (Å²) in [5, 5.41) is 6.64. The molecule has 2 heterocycles. The van der Waals surface area contributed by atoms with Crippen molar-refractivity contribution in [3.8, 4) is 0 Å². The Kier molecular flexibility index (Phi) is 2.84. The first-order chi connectivity index (χ1) is 7.56. The summed E-state index contributed by atoms with van der Waals surface area (Å²) < 4.78 is 4.87. The van der Waals surface area contributed by atoms with Gasteiger partial charge in [-0.05, 0) is 18.5 Å². The van der Waals surface area contributed by atoms with E-state index in [-0.39, 0.29) is 16.1 Å². The van der Waals surface area contributed by atoms with Crippen LogP contribution in [0, 0.1) is 6.92 Å². The summed E-state index contributed by atoms with van der Waals surface area (Å²) >= 11 is 11.4. The van der Waals surface area contributed by atoms with Crippen molar-refractivity contribution in [2.45, 2.75) is 6.92 Å². The van der Waals surface area contributed by atoms with Gasteiger partial charge in [-0.1, -0.05) is 16.8 Å². The average molecular weight is 260 g/mol. The lowest BCUT2D eigenvalue weighted by molar-refractivity contribution is 0.400. The van der Waals surface area contributed by atoms with Gasteiger partial charge in [0.2, 0.25) is 5.28 Å². The molecule has 16 heavy (non-hydrogen) atoms. The number of nitrogen functional groups attached to an aromatic ring is 1. The molecule has 3 N–H and O–H groups in total. The van der Waals surface area contributed by atoms with Crippen LogP contribution in [-0.2, 0) is 0 Å². The molecule has 0 fully saturated rings. The van der Waals surface area contributed by atoms with Crippen molar-refractivity contribution >= 4 is 40.5 Å². The van der Waals surface area contributed by atoms with E-state index in [9.17, 15) is 0 Å². The first kappa shape index (κ1) is 11.0. The fraction of sp³-hybridized carbons (Fsp3) is 0.125. The second kappa shape index (κ2) is 4.15. The lowest BCUT2D eigenvalue weighted by Gasteiger charge is -2.05. The molecular weight excluding hydrogens is 253 g/mol. The first-order valence-corrected chi connectivity index (χ1v) is 5.00. The molecule has 84 valence electrons. The van der Waals surface area contributed by atoms with Crippen LogP contribution in [0.1, 0.15) is 5.76 Å². The molecule has 0 bridgehead atoms. The Labute approximate surface area is 101 Å². The van der Waals surface area contributed by atoms with E-state index >= 15 is 0 Å². The lowest BCUT2D eigenvalue weighted by Crippen LogP contribution is -2.02. The SMILES string of the molecule is Cc1cc(Nc2nc(Cl)nc(Cl)c2N)no1. The largest absolute Gasteiger partial charge is 0.393 e. The standard InChI is InChI=1S/C8H7Cl2N5O/c1-3-2-4(15-16-3)12-7-5(11)6(9)13-8(10)14-7/h2H,11H2,1H3,(H,12,13,14,15). The summed E-state index contributed by atoms with van der Waals surface area (Å²) in [6, 6.07) is 1.68. The summed E-state index contributed by atoms with van der Waals surface area (Å²) in [4.78, 5) is 7.58. The van der Waals surface area contributed by atoms with Gasteiger partial charge in [-0.25, -0.2) is 4.98 Å². The highest BCUT2D eigenvalue weighted by Crippen LogP contribution is 2.27. The molecule has 2 aromatic rings. The second-order valence-electron chi connectivity index (χ2n) is 2.99. The number of anilines is 3. The van der Waals surface area contributed by atoms with E-state index in [0.717, 1.165) is 0 Å². The van der Waals surface area contributed by atoms with Gasteiger partial charge in [0.05, 0.1) is 0 Å². The average Bonchev–Trinajstić information content (AvgIpc) is 2.60. The fourth-order valence-electron chi connectivity index (χ4n) is 1.06. The molecule has 0 aromatic carbocycles. The van der Waals surface area contributed by atoms with Crippen LogP contribution in [0.2, 0.25) is 10.4 Å². The van der Waals surface area contributed by atoms with E-state index in [4.69, 9.17) is 33.5 Å². The van der Waals surface area contributed by atoms with Gasteiger partial charge in [0.1, 0.15) is 11.4 Å². The summed E-state index contributed by atoms with van der Waals surface area (Å²) in [5.74, 6) is 1.42. The van der Waals surface area contributed by atoms with Crippen LogP contribution in [0.25, 0.3) is 0 Å². The molecule has 2 rings (SSSR count). The minimum absolute atomic E-state index is 0.00177. The molecule has 0 aliphatic heterocycles. The van der Waals surface area contributed by atoms with Crippen molar-refractivity contribution in [2.24, 2.45) is 0 Å². The molecule has 2 aromatic heterocycles. The fourth-order valence-corrected chi connectivity index (χ4v) is 1.44. The van der Waals surface area contributed by atoms with Crippen LogP contribution in [0.15, 0.2) is 10.6 Å². The van der Waals surface area contributed by atoms with Crippen LogP contribution >= 0.6 is 23.2 Å². The zero-order valence-electron chi connectivity index (χ0n) is 8.16. The van der Waals surface area contributed by atoms with Crippen LogP contribution in [0.3, 0.4) is 0 Å². The van der Waals surface area contributed by atoms with E-state index in [0.29, 0.717) is 17.4 Å². The molecule has 0 aliphatic rings. The lowest BCUT2D eigenvalue weighted by atomic mass is 10.4. The Hall–Kier alpha value is -1.53. The molecule has 6 nitrogen and oxygen atoms in total. The number of aryl methyl sites for hydroxylation is 1. The van der Waals surface area contributed by atoms with E-state index in [1.54, 1.807) is 13.0 Å². The predicted molar refractivity (Wildman–Crippen MR) is 61.0 cm³/mol. The van der Waals surface area contributed by atoms with Gasteiger partial charge < -0.3 is 15.6 Å². The van der Waals surface area contributed by atoms with Crippen LogP contribution < -0.4 is 11.1 Å². The third-order valence-corrected chi connectivity index (χ3v) is 2.20. The molecule has 0 saturated carbocycles. The quantitative estimate of drug-likeness (QED) is 0.636. The van der Waals surface area contributed by atoms with E-state index in [1.165, 1.54) is 0 Å². The minimum Gasteiger partial charge on any atom is -0.393 e. The zero-order valence-corrected chi connectivity index (χ0v) is 9.67. The monoisotopic (exact) mass is 259 g/mol. The maximum atomic E-state index is 5.75. The molecule has 0 spiro atoms. The van der Waals surface area contributed by atoms with Crippen LogP contribution in [-0.4, -0.2) is 15.1 Å². The number of nitrogens with one attached hydrogen (secondary N) is 1. The molecule has 8 heteroatoms. The highest BCUT2D eigenvalue weighted by Gasteiger charge is 2.10. The van der Waals surface area contributed by atoms with Crippen molar-refractivity contribution in [3.05, 3.63) is 22.3 Å². The van der Waals surface area contributed by atoms with E-state index in [2.05, 4.69) is 20.4 Å². The molecule has 0 atom stereocenters. The van der Waals surface area contributed by atoms with Crippen molar-refractivity contribution in [2.75, 3.05) is 11.1 Å². The number of aromatic nitrogens is 3. The second-order valence-corrected chi connectivity index (χ2v) is 3.69. The van der Waals surface area contributed by atoms with Gasteiger partial charge in [-0.3, -0.25) is 0 Å². The number of rotatable bonds is 2. The zero-order chi connectivity index (χ0) is 11.7. The Balaban J connectivity index is 2.34. The third-order valence-electron chi connectivity index (χ3n) is 1.75. The predicted octanol–water partition coefficient (Wildman–Crippen LogP) is 2.41. The van der Waals surface area contributed by atoms with Crippen molar-refractivity contribution in [1.29, 1.82) is 0 Å². The number of halogens is 2. The van der Waals surface area contributed by atoms with E-state index < -0.39 is 0 Å². The number of nitrogens with zero attached hydrogens (tertiary/aromatic N) is 3. The van der Waals surface area contributed by atoms with Gasteiger partial charge in [-0.2, -0.15) is 4.98 Å². The Morgan fingerprint density at radius 3 is 2.75 bits per heavy atom. The van der Waals surface area contributed by atoms with E-state index in [1.807, 2.05) is 0 Å². The molecular formula is C8H7Cl2N5O. The number of hydrogen-bond donors (Lipinski definition) is 2. The van der Waals surface area contributed by atoms with Gasteiger partial charge in [0.25, 0.3) is 0 Å². The maximum absolute atomic E-state index is 5.75. The maximum Gasteiger partial charge on any atom is 0.225 e.